The molecule has 0 aliphatic carbocycles. The van der Waals surface area contributed by atoms with Crippen molar-refractivity contribution in [2.24, 2.45) is 0 Å². The topological polar surface area (TPSA) is 28.2 Å². The molecule has 2 heterocycles. The van der Waals surface area contributed by atoms with Crippen LogP contribution in [0.3, 0.4) is 0 Å². The summed E-state index contributed by atoms with van der Waals surface area (Å²) < 4.78 is 65.3. The van der Waals surface area contributed by atoms with E-state index < -0.39 is 19.5 Å². The number of benzene rings is 3. The molecule has 0 unspecified atom stereocenters. The number of hydrogen-bond donors (Lipinski definition) is 1. The van der Waals surface area contributed by atoms with Crippen molar-refractivity contribution in [3.63, 3.8) is 0 Å². The van der Waals surface area contributed by atoms with Crippen LogP contribution in [-0.4, -0.2) is 52.6 Å². The zero-order chi connectivity index (χ0) is 28.9. The second-order valence-electron chi connectivity index (χ2n) is 9.88. The zero-order valence-corrected chi connectivity index (χ0v) is 25.6. The molecule has 0 saturated carbocycles. The average Bonchev–Trinajstić information content (AvgIpc) is 3.24. The molecule has 4 aromatic rings. The van der Waals surface area contributed by atoms with Crippen LogP contribution >= 0.6 is 15.9 Å². The number of aliphatic hydroxyl groups excluding tert-OH is 1. The molecule has 0 radical (unpaired) electrons. The van der Waals surface area contributed by atoms with E-state index in [2.05, 4.69) is 119 Å². The first kappa shape index (κ1) is 29.7. The summed E-state index contributed by atoms with van der Waals surface area (Å²) in [4.78, 5) is 0. The van der Waals surface area contributed by atoms with Gasteiger partial charge in [0, 0.05) is 50.5 Å². The standard InChI is InChI=1S/C28H28BrN2O.6FH.Sb/c1-4-30-24-8-6-5-7-21(24)22-17-19(9-12-25(22)30)10-14-27-28(2,3)23-18-20(29)11-13-26(23)31(27)15-16-32;;;;;;;/h5-14,17-18,32H,4,15-16H2,1-3H3;6*1H;/q+1;;;;;;;+5/p-6. The molecular weight excluding hydrogens is 696 g/mol. The Hall–Kier alpha value is -2.29. The minimum atomic E-state index is -11.2. The fourth-order valence-corrected chi connectivity index (χ4v) is 5.54. The second kappa shape index (κ2) is 9.67. The number of nitrogens with zero attached hydrogens (tertiary/aromatic N) is 2. The molecule has 5 rings (SSSR count). The second-order valence-corrected chi connectivity index (χ2v) is 16.3. The first-order valence-corrected chi connectivity index (χ1v) is 18.8. The van der Waals surface area contributed by atoms with E-state index in [0.29, 0.717) is 6.54 Å². The monoisotopic (exact) mass is 722 g/mol. The van der Waals surface area contributed by atoms with Crippen LogP contribution < -0.4 is 0 Å². The van der Waals surface area contributed by atoms with E-state index >= 15 is 0 Å². The Morgan fingerprint density at radius 3 is 2.18 bits per heavy atom. The third kappa shape index (κ3) is 6.90. The molecule has 0 fully saturated rings. The minimum absolute atomic E-state index is 0.116. The van der Waals surface area contributed by atoms with Gasteiger partial charge in [0.2, 0.25) is 5.69 Å². The van der Waals surface area contributed by atoms with Crippen LogP contribution in [0.5, 0.6) is 0 Å². The third-order valence-electron chi connectivity index (χ3n) is 6.72. The fourth-order valence-electron chi connectivity index (χ4n) is 5.18. The summed E-state index contributed by atoms with van der Waals surface area (Å²) in [6.45, 7) is 8.37. The van der Waals surface area contributed by atoms with Gasteiger partial charge in [-0.2, -0.15) is 4.58 Å². The van der Waals surface area contributed by atoms with Gasteiger partial charge < -0.3 is 9.67 Å². The van der Waals surface area contributed by atoms with Crippen molar-refractivity contribution in [1.82, 2.24) is 4.57 Å². The summed E-state index contributed by atoms with van der Waals surface area (Å²) in [7, 11) is 0. The Balaban J connectivity index is 0.000000448. The Morgan fingerprint density at radius 1 is 0.897 bits per heavy atom. The van der Waals surface area contributed by atoms with E-state index in [-0.39, 0.29) is 12.0 Å². The fraction of sp³-hybridized carbons (Fsp3) is 0.250. The average molecular weight is 724 g/mol. The summed E-state index contributed by atoms with van der Waals surface area (Å²) in [6, 6.07) is 21.8. The van der Waals surface area contributed by atoms with Gasteiger partial charge in [0.25, 0.3) is 0 Å². The van der Waals surface area contributed by atoms with Crippen LogP contribution in [0.2, 0.25) is 0 Å². The van der Waals surface area contributed by atoms with E-state index in [1.54, 1.807) is 0 Å². The van der Waals surface area contributed by atoms with E-state index in [1.807, 2.05) is 0 Å². The Bertz CT molecular complexity index is 1630. The number of aryl methyl sites for hydroxylation is 1. The van der Waals surface area contributed by atoms with Gasteiger partial charge in [0.05, 0.1) is 5.41 Å². The van der Waals surface area contributed by atoms with Crippen LogP contribution in [-0.2, 0) is 12.0 Å². The molecule has 39 heavy (non-hydrogen) atoms. The number of allylic oxidation sites excluding steroid dienone is 1. The molecule has 0 bridgehead atoms. The van der Waals surface area contributed by atoms with E-state index in [0.717, 1.165) is 11.0 Å². The molecule has 1 aliphatic rings. The maximum atomic E-state index is 9.93. The zero-order valence-electron chi connectivity index (χ0n) is 21.5. The number of fused-ring (bicyclic) bond motifs is 4. The molecule has 0 amide bonds. The van der Waals surface area contributed by atoms with Gasteiger partial charge in [-0.15, -0.1) is 0 Å². The quantitative estimate of drug-likeness (QED) is 0.125. The molecule has 3 aromatic carbocycles. The van der Waals surface area contributed by atoms with Crippen molar-refractivity contribution in [2.75, 3.05) is 13.2 Å². The van der Waals surface area contributed by atoms with Crippen LogP contribution in [0.4, 0.5) is 22.6 Å². The molecule has 0 saturated heterocycles. The predicted molar refractivity (Wildman–Crippen MR) is 151 cm³/mol. The number of aromatic nitrogens is 1. The first-order valence-electron chi connectivity index (χ1n) is 12.2. The molecule has 0 spiro atoms. The van der Waals surface area contributed by atoms with Crippen LogP contribution in [0, 0.1) is 0 Å². The van der Waals surface area contributed by atoms with Crippen molar-refractivity contribution in [1.29, 1.82) is 0 Å². The molecule has 1 aliphatic heterocycles. The van der Waals surface area contributed by atoms with Crippen LogP contribution in [0.25, 0.3) is 27.9 Å². The number of rotatable bonds is 5. The van der Waals surface area contributed by atoms with Crippen molar-refractivity contribution >= 4 is 74.7 Å². The molecule has 3 nitrogen and oxygen atoms in total. The SMILES string of the molecule is CCn1c2ccccc2c2cc(/C=C/C3=[N+](CCO)c4ccc(Br)cc4C3(C)C)ccc21.[F][Sb-]([F])([F])([F])([F])[F]. The normalized spacial score (nSPS) is 16.8. The van der Waals surface area contributed by atoms with Gasteiger partial charge in [0.15, 0.2) is 12.3 Å². The van der Waals surface area contributed by atoms with Gasteiger partial charge >= 0.3 is 36.4 Å². The van der Waals surface area contributed by atoms with E-state index in [4.69, 9.17) is 0 Å². The van der Waals surface area contributed by atoms with Crippen LogP contribution in [0.1, 0.15) is 31.9 Å². The summed E-state index contributed by atoms with van der Waals surface area (Å²) >= 11 is -7.63. The number of aliphatic hydroxyl groups is 1. The number of β-amino-alcohol motifs (C(OH)–C–C–N with tert-alkyl or cyclic N) is 1. The van der Waals surface area contributed by atoms with E-state index in [1.165, 1.54) is 44.3 Å². The number of hydrogen-bond acceptors (Lipinski definition) is 1. The number of para-hydroxylation sites is 1. The molecule has 0 atom stereocenters. The Labute approximate surface area is 233 Å². The van der Waals surface area contributed by atoms with Gasteiger partial charge in [-0.1, -0.05) is 40.2 Å². The van der Waals surface area contributed by atoms with Crippen molar-refractivity contribution in [3.05, 3.63) is 82.3 Å². The molecular formula is C28H28BrF6N2OSb. The maximum absolute atomic E-state index is 11.2. The summed E-state index contributed by atoms with van der Waals surface area (Å²) in [5.74, 6) is 0. The van der Waals surface area contributed by atoms with Gasteiger partial charge in [0.1, 0.15) is 6.61 Å². The third-order valence-corrected chi connectivity index (χ3v) is 7.22. The summed E-state index contributed by atoms with van der Waals surface area (Å²) in [5.41, 5.74) is 7.26. The molecule has 210 valence electrons. The number of halogens is 7. The van der Waals surface area contributed by atoms with Crippen LogP contribution in [0.15, 0.2) is 71.2 Å². The molecule has 11 heteroatoms. The van der Waals surface area contributed by atoms with Crippen molar-refractivity contribution < 1.29 is 26.6 Å². The van der Waals surface area contributed by atoms with E-state index in [9.17, 15) is 22.0 Å². The first-order chi connectivity index (χ1) is 17.9. The Morgan fingerprint density at radius 2 is 1.54 bits per heavy atom. The Kier molecular flexibility index (Phi) is 7.36. The molecule has 1 aromatic heterocycles. The van der Waals surface area contributed by atoms with Crippen molar-refractivity contribution in [2.45, 2.75) is 32.7 Å². The van der Waals surface area contributed by atoms with Gasteiger partial charge in [-0.3, -0.25) is 0 Å². The summed E-state index contributed by atoms with van der Waals surface area (Å²) in [6.07, 6.45) is 4.43. The van der Waals surface area contributed by atoms with Crippen molar-refractivity contribution in [3.8, 4) is 0 Å². The van der Waals surface area contributed by atoms with Gasteiger partial charge in [-0.05, 0) is 62.7 Å². The predicted octanol–water partition coefficient (Wildman–Crippen LogP) is 8.80. The summed E-state index contributed by atoms with van der Waals surface area (Å²) in [5, 5.41) is 12.3. The molecule has 1 N–H and O–H groups in total. The van der Waals surface area contributed by atoms with Gasteiger partial charge in [-0.25, -0.2) is 0 Å².